The Morgan fingerprint density at radius 3 is 2.82 bits per heavy atom. The molecule has 2 heterocycles. The highest BCUT2D eigenvalue weighted by Crippen LogP contribution is 2.20. The number of aliphatic imine (C=N–C) groups is 1. The van der Waals surface area contributed by atoms with Crippen LogP contribution in [0.5, 0.6) is 0 Å². The van der Waals surface area contributed by atoms with E-state index < -0.39 is 0 Å². The van der Waals surface area contributed by atoms with E-state index >= 15 is 0 Å². The number of pyridine rings is 1. The molecule has 1 aliphatic rings. The van der Waals surface area contributed by atoms with Crippen molar-refractivity contribution in [3.63, 3.8) is 0 Å². The van der Waals surface area contributed by atoms with E-state index in [1.54, 1.807) is 10.9 Å². The van der Waals surface area contributed by atoms with Crippen molar-refractivity contribution in [3.8, 4) is 5.82 Å². The minimum Gasteiger partial charge on any atom is -0.353 e. The minimum atomic E-state index is 0. The molecule has 146 valence electrons. The van der Waals surface area contributed by atoms with Gasteiger partial charge in [0.05, 0.1) is 0 Å². The normalized spacial score (nSPS) is 16.0. The summed E-state index contributed by atoms with van der Waals surface area (Å²) in [4.78, 5) is 8.76. The molecule has 7 heteroatoms. The molecule has 28 heavy (non-hydrogen) atoms. The second-order valence-corrected chi connectivity index (χ2v) is 6.75. The smallest absolute Gasteiger partial charge is 0.191 e. The number of fused-ring (bicyclic) bond motifs is 1. The third-order valence-electron chi connectivity index (χ3n) is 4.92. The van der Waals surface area contributed by atoms with E-state index in [1.807, 2.05) is 37.6 Å². The van der Waals surface area contributed by atoms with E-state index in [-0.39, 0.29) is 24.0 Å². The summed E-state index contributed by atoms with van der Waals surface area (Å²) in [6.45, 7) is 0.680. The molecule has 0 bridgehead atoms. The number of benzene rings is 1. The summed E-state index contributed by atoms with van der Waals surface area (Å²) >= 11 is 0. The first-order valence-electron chi connectivity index (χ1n) is 9.31. The maximum absolute atomic E-state index is 4.39. The van der Waals surface area contributed by atoms with Gasteiger partial charge in [-0.05, 0) is 54.2 Å². The SMILES string of the molecule is CN=C(NCc1ccnc(-n2cccn2)c1)NC1CCc2ccccc2C1.I. The summed E-state index contributed by atoms with van der Waals surface area (Å²) in [5.41, 5.74) is 4.04. The lowest BCUT2D eigenvalue weighted by atomic mass is 9.88. The average molecular weight is 488 g/mol. The number of aromatic nitrogens is 3. The standard InChI is InChI=1S/C21H24N6.HI/c1-22-21(26-19-8-7-17-5-2-3-6-18(17)14-19)24-15-16-9-11-23-20(13-16)27-12-4-10-25-27;/h2-6,9-13,19H,7-8,14-15H2,1H3,(H2,22,24,26);1H. The molecular weight excluding hydrogens is 463 g/mol. The number of nitrogens with zero attached hydrogens (tertiary/aromatic N) is 4. The summed E-state index contributed by atoms with van der Waals surface area (Å²) < 4.78 is 1.76. The van der Waals surface area contributed by atoms with Crippen molar-refractivity contribution in [2.24, 2.45) is 4.99 Å². The lowest BCUT2D eigenvalue weighted by Crippen LogP contribution is -2.45. The molecule has 0 fully saturated rings. The van der Waals surface area contributed by atoms with Gasteiger partial charge in [-0.1, -0.05) is 24.3 Å². The Hall–Kier alpha value is -2.42. The Bertz CT molecular complexity index is 922. The summed E-state index contributed by atoms with van der Waals surface area (Å²) in [7, 11) is 1.81. The van der Waals surface area contributed by atoms with Gasteiger partial charge in [-0.2, -0.15) is 5.10 Å². The zero-order valence-corrected chi connectivity index (χ0v) is 18.2. The fraction of sp³-hybridized carbons (Fsp3) is 0.286. The van der Waals surface area contributed by atoms with Crippen LogP contribution in [-0.4, -0.2) is 33.8 Å². The maximum Gasteiger partial charge on any atom is 0.191 e. The van der Waals surface area contributed by atoms with Crippen LogP contribution in [0.2, 0.25) is 0 Å². The molecular formula is C21H25IN6. The van der Waals surface area contributed by atoms with Gasteiger partial charge in [0.2, 0.25) is 0 Å². The number of guanidine groups is 1. The van der Waals surface area contributed by atoms with Crippen LogP contribution < -0.4 is 10.6 Å². The molecule has 0 amide bonds. The highest BCUT2D eigenvalue weighted by Gasteiger charge is 2.18. The van der Waals surface area contributed by atoms with E-state index in [0.29, 0.717) is 12.6 Å². The first-order chi connectivity index (χ1) is 13.3. The average Bonchev–Trinajstić information content (AvgIpc) is 3.26. The van der Waals surface area contributed by atoms with Gasteiger partial charge in [-0.3, -0.25) is 4.99 Å². The number of halogens is 1. The molecule has 0 saturated heterocycles. The number of rotatable bonds is 4. The van der Waals surface area contributed by atoms with E-state index in [9.17, 15) is 0 Å². The van der Waals surface area contributed by atoms with Gasteiger partial charge in [0, 0.05) is 38.2 Å². The molecule has 2 N–H and O–H groups in total. The van der Waals surface area contributed by atoms with Crippen molar-refractivity contribution in [2.75, 3.05) is 7.05 Å². The molecule has 2 aromatic heterocycles. The molecule has 1 aliphatic carbocycles. The summed E-state index contributed by atoms with van der Waals surface area (Å²) in [5.74, 6) is 1.64. The van der Waals surface area contributed by atoms with Crippen LogP contribution in [0, 0.1) is 0 Å². The number of hydrogen-bond acceptors (Lipinski definition) is 3. The van der Waals surface area contributed by atoms with Crippen LogP contribution in [0.1, 0.15) is 23.1 Å². The van der Waals surface area contributed by atoms with Gasteiger partial charge in [0.25, 0.3) is 0 Å². The second-order valence-electron chi connectivity index (χ2n) is 6.75. The fourth-order valence-corrected chi connectivity index (χ4v) is 3.49. The first kappa shape index (κ1) is 20.3. The summed E-state index contributed by atoms with van der Waals surface area (Å²) in [5, 5.41) is 11.2. The van der Waals surface area contributed by atoms with Gasteiger partial charge in [-0.15, -0.1) is 24.0 Å². The van der Waals surface area contributed by atoms with Gasteiger partial charge < -0.3 is 10.6 Å². The molecule has 1 aromatic carbocycles. The molecule has 0 radical (unpaired) electrons. The van der Waals surface area contributed by atoms with Crippen molar-refractivity contribution in [1.29, 1.82) is 0 Å². The monoisotopic (exact) mass is 488 g/mol. The molecule has 1 atom stereocenters. The zero-order chi connectivity index (χ0) is 18.5. The Morgan fingerprint density at radius 1 is 1.18 bits per heavy atom. The largest absolute Gasteiger partial charge is 0.353 e. The summed E-state index contributed by atoms with van der Waals surface area (Å²) in [6.07, 6.45) is 8.72. The predicted octanol–water partition coefficient (Wildman–Crippen LogP) is 3.11. The van der Waals surface area contributed by atoms with E-state index in [2.05, 4.69) is 50.0 Å². The molecule has 6 nitrogen and oxygen atoms in total. The van der Waals surface area contributed by atoms with Crippen LogP contribution in [-0.2, 0) is 19.4 Å². The third-order valence-corrected chi connectivity index (χ3v) is 4.92. The molecule has 4 rings (SSSR count). The Morgan fingerprint density at radius 2 is 2.04 bits per heavy atom. The Balaban J connectivity index is 0.00000225. The molecule has 0 spiro atoms. The van der Waals surface area contributed by atoms with Gasteiger partial charge >= 0.3 is 0 Å². The van der Waals surface area contributed by atoms with Crippen LogP contribution in [0.4, 0.5) is 0 Å². The lowest BCUT2D eigenvalue weighted by molar-refractivity contribution is 0.520. The van der Waals surface area contributed by atoms with Crippen LogP contribution in [0.15, 0.2) is 66.0 Å². The summed E-state index contributed by atoms with van der Waals surface area (Å²) in [6, 6.07) is 15.0. The van der Waals surface area contributed by atoms with Crippen molar-refractivity contribution < 1.29 is 0 Å². The topological polar surface area (TPSA) is 67.1 Å². The number of nitrogens with one attached hydrogen (secondary N) is 2. The van der Waals surface area contributed by atoms with E-state index in [4.69, 9.17) is 0 Å². The molecule has 0 saturated carbocycles. The third kappa shape index (κ3) is 4.89. The van der Waals surface area contributed by atoms with Crippen molar-refractivity contribution in [1.82, 2.24) is 25.4 Å². The number of hydrogen-bond donors (Lipinski definition) is 2. The van der Waals surface area contributed by atoms with Crippen LogP contribution in [0.25, 0.3) is 5.82 Å². The molecule has 3 aromatic rings. The van der Waals surface area contributed by atoms with E-state index in [1.165, 1.54) is 11.1 Å². The van der Waals surface area contributed by atoms with Crippen molar-refractivity contribution >= 4 is 29.9 Å². The van der Waals surface area contributed by atoms with Crippen molar-refractivity contribution in [3.05, 3.63) is 77.7 Å². The lowest BCUT2D eigenvalue weighted by Gasteiger charge is -2.27. The van der Waals surface area contributed by atoms with Crippen LogP contribution in [0.3, 0.4) is 0 Å². The maximum atomic E-state index is 4.39. The quantitative estimate of drug-likeness (QED) is 0.337. The fourth-order valence-electron chi connectivity index (χ4n) is 3.49. The van der Waals surface area contributed by atoms with Gasteiger partial charge in [-0.25, -0.2) is 9.67 Å². The number of aryl methyl sites for hydroxylation is 1. The van der Waals surface area contributed by atoms with E-state index in [0.717, 1.165) is 36.6 Å². The van der Waals surface area contributed by atoms with Gasteiger partial charge in [0.1, 0.15) is 0 Å². The second kappa shape index (κ2) is 9.68. The molecule has 0 aliphatic heterocycles. The predicted molar refractivity (Wildman–Crippen MR) is 122 cm³/mol. The molecule has 1 unspecified atom stereocenters. The Labute approximate surface area is 182 Å². The minimum absolute atomic E-state index is 0. The Kier molecular flexibility index (Phi) is 7.02. The van der Waals surface area contributed by atoms with Crippen molar-refractivity contribution in [2.45, 2.75) is 31.8 Å². The highest BCUT2D eigenvalue weighted by molar-refractivity contribution is 14.0. The first-order valence-corrected chi connectivity index (χ1v) is 9.31. The zero-order valence-electron chi connectivity index (χ0n) is 15.9. The van der Waals surface area contributed by atoms with Crippen LogP contribution >= 0.6 is 24.0 Å². The van der Waals surface area contributed by atoms with Gasteiger partial charge in [0.15, 0.2) is 11.8 Å². The highest BCUT2D eigenvalue weighted by atomic mass is 127.